The Balaban J connectivity index is 2.13. The van der Waals surface area contributed by atoms with E-state index in [2.05, 4.69) is 0 Å². The van der Waals surface area contributed by atoms with E-state index in [4.69, 9.17) is 21.7 Å². The molecule has 2 heterocycles. The van der Waals surface area contributed by atoms with Gasteiger partial charge in [-0.2, -0.15) is 0 Å². The fraction of sp³-hybridized carbons (Fsp3) is 0.154. The summed E-state index contributed by atoms with van der Waals surface area (Å²) in [7, 11) is 0. The second-order valence-electron chi connectivity index (χ2n) is 3.96. The van der Waals surface area contributed by atoms with E-state index in [1.807, 2.05) is 0 Å². The maximum atomic E-state index is 12.1. The number of hydrogen-bond donors (Lipinski definition) is 1. The largest absolute Gasteiger partial charge is 0.480 e. The third-order valence-electron chi connectivity index (χ3n) is 2.62. The molecule has 0 saturated carbocycles. The van der Waals surface area contributed by atoms with Crippen LogP contribution in [0.2, 0.25) is 0 Å². The van der Waals surface area contributed by atoms with Gasteiger partial charge in [0.1, 0.15) is 16.1 Å². The molecule has 104 valence electrons. The molecule has 20 heavy (non-hydrogen) atoms. The maximum absolute atomic E-state index is 12.1. The van der Waals surface area contributed by atoms with Crippen LogP contribution in [0.4, 0.5) is 0 Å². The standard InChI is InChI=1S/C13H11NO4S2/c1-8(12(16)17)14-11(15)10(20-13(14)19)6-2-4-9-5-3-7-18-9/h2-8H,1H3,(H,16,17)/b4-2+,10-6+/t8-/m0/s1. The van der Waals surface area contributed by atoms with Crippen molar-refractivity contribution < 1.29 is 19.1 Å². The molecule has 1 saturated heterocycles. The molecular formula is C13H11NO4S2. The summed E-state index contributed by atoms with van der Waals surface area (Å²) in [4.78, 5) is 24.5. The summed E-state index contributed by atoms with van der Waals surface area (Å²) in [5.74, 6) is -0.816. The molecule has 0 spiro atoms. The highest BCUT2D eigenvalue weighted by molar-refractivity contribution is 8.26. The third-order valence-corrected chi connectivity index (χ3v) is 3.97. The van der Waals surface area contributed by atoms with Crippen LogP contribution < -0.4 is 0 Å². The van der Waals surface area contributed by atoms with Crippen molar-refractivity contribution in [1.82, 2.24) is 4.90 Å². The predicted molar refractivity (Wildman–Crippen MR) is 80.0 cm³/mol. The van der Waals surface area contributed by atoms with E-state index in [9.17, 15) is 9.59 Å². The molecule has 0 unspecified atom stereocenters. The number of thiocarbonyl (C=S) groups is 1. The minimum atomic E-state index is -1.09. The molecule has 1 aromatic heterocycles. The van der Waals surface area contributed by atoms with Gasteiger partial charge in [0.15, 0.2) is 0 Å². The first-order valence-electron chi connectivity index (χ1n) is 5.70. The van der Waals surface area contributed by atoms with E-state index in [1.165, 1.54) is 6.92 Å². The van der Waals surface area contributed by atoms with Crippen molar-refractivity contribution >= 4 is 46.3 Å². The normalized spacial score (nSPS) is 19.2. The van der Waals surface area contributed by atoms with Crippen molar-refractivity contribution in [3.63, 3.8) is 0 Å². The summed E-state index contributed by atoms with van der Waals surface area (Å²) in [6, 6.07) is 2.57. The van der Waals surface area contributed by atoms with Gasteiger partial charge >= 0.3 is 5.97 Å². The van der Waals surface area contributed by atoms with Gasteiger partial charge in [0.25, 0.3) is 5.91 Å². The van der Waals surface area contributed by atoms with Crippen LogP contribution in [-0.4, -0.2) is 32.2 Å². The van der Waals surface area contributed by atoms with Gasteiger partial charge in [-0.15, -0.1) is 0 Å². The Morgan fingerprint density at radius 1 is 1.60 bits per heavy atom. The minimum absolute atomic E-state index is 0.252. The SMILES string of the molecule is C[C@@H](C(=O)O)N1C(=O)/C(=C\C=C\c2ccco2)SC1=S. The summed E-state index contributed by atoms with van der Waals surface area (Å²) in [5, 5.41) is 8.96. The molecule has 1 N–H and O–H groups in total. The van der Waals surface area contributed by atoms with Crippen LogP contribution in [0.1, 0.15) is 12.7 Å². The van der Waals surface area contributed by atoms with E-state index in [0.717, 1.165) is 16.7 Å². The number of thioether (sulfide) groups is 1. The van der Waals surface area contributed by atoms with E-state index < -0.39 is 12.0 Å². The second kappa shape index (κ2) is 6.06. The van der Waals surface area contributed by atoms with Gasteiger partial charge in [-0.1, -0.05) is 30.1 Å². The molecule has 1 amide bonds. The topological polar surface area (TPSA) is 70.8 Å². The van der Waals surface area contributed by atoms with Gasteiger partial charge < -0.3 is 9.52 Å². The minimum Gasteiger partial charge on any atom is -0.480 e. The number of hydrogen-bond acceptors (Lipinski definition) is 5. The Bertz CT molecular complexity index is 604. The molecule has 0 aliphatic carbocycles. The number of amides is 1. The highest BCUT2D eigenvalue weighted by Gasteiger charge is 2.37. The lowest BCUT2D eigenvalue weighted by Crippen LogP contribution is -2.41. The van der Waals surface area contributed by atoms with Crippen molar-refractivity contribution in [3.05, 3.63) is 41.2 Å². The zero-order valence-corrected chi connectivity index (χ0v) is 12.1. The smallest absolute Gasteiger partial charge is 0.326 e. The van der Waals surface area contributed by atoms with Crippen LogP contribution in [0.3, 0.4) is 0 Å². The van der Waals surface area contributed by atoms with Crippen molar-refractivity contribution in [3.8, 4) is 0 Å². The Kier molecular flexibility index (Phi) is 4.41. The third kappa shape index (κ3) is 3.00. The number of carbonyl (C=O) groups is 2. The molecule has 0 bridgehead atoms. The first kappa shape index (κ1) is 14.5. The number of carboxylic acids is 1. The average molecular weight is 309 g/mol. The molecule has 0 radical (unpaired) electrons. The maximum Gasteiger partial charge on any atom is 0.326 e. The molecule has 7 heteroatoms. The van der Waals surface area contributed by atoms with Gasteiger partial charge in [0.2, 0.25) is 0 Å². The van der Waals surface area contributed by atoms with Crippen LogP contribution in [0, 0.1) is 0 Å². The fourth-order valence-corrected chi connectivity index (χ4v) is 2.92. The molecule has 1 aliphatic heterocycles. The van der Waals surface area contributed by atoms with Crippen molar-refractivity contribution in [2.75, 3.05) is 0 Å². The second-order valence-corrected chi connectivity index (χ2v) is 5.64. The Labute approximate surface area is 124 Å². The Hall–Kier alpha value is -1.86. The highest BCUT2D eigenvalue weighted by Crippen LogP contribution is 2.32. The number of carboxylic acid groups (broad SMARTS) is 1. The molecule has 0 aromatic carbocycles. The number of rotatable bonds is 4. The lowest BCUT2D eigenvalue weighted by atomic mass is 10.3. The molecule has 2 rings (SSSR count). The monoisotopic (exact) mass is 309 g/mol. The number of nitrogens with zero attached hydrogens (tertiary/aromatic N) is 1. The molecular weight excluding hydrogens is 298 g/mol. The van der Waals surface area contributed by atoms with E-state index in [-0.39, 0.29) is 10.2 Å². The van der Waals surface area contributed by atoms with Gasteiger partial charge in [-0.3, -0.25) is 9.69 Å². The van der Waals surface area contributed by atoms with Gasteiger partial charge in [0.05, 0.1) is 11.2 Å². The summed E-state index contributed by atoms with van der Waals surface area (Å²) >= 11 is 6.13. The van der Waals surface area contributed by atoms with Crippen LogP contribution >= 0.6 is 24.0 Å². The summed E-state index contributed by atoms with van der Waals surface area (Å²) in [6.07, 6.45) is 6.51. The van der Waals surface area contributed by atoms with Gasteiger partial charge in [-0.05, 0) is 31.2 Å². The molecule has 1 aromatic rings. The first-order valence-corrected chi connectivity index (χ1v) is 6.93. The van der Waals surface area contributed by atoms with E-state index >= 15 is 0 Å². The number of carbonyl (C=O) groups excluding carboxylic acids is 1. The highest BCUT2D eigenvalue weighted by atomic mass is 32.2. The zero-order valence-electron chi connectivity index (χ0n) is 10.5. The number of furan rings is 1. The van der Waals surface area contributed by atoms with Crippen molar-refractivity contribution in [2.24, 2.45) is 0 Å². The van der Waals surface area contributed by atoms with E-state index in [1.54, 1.807) is 36.6 Å². The molecule has 5 nitrogen and oxygen atoms in total. The Morgan fingerprint density at radius 2 is 2.35 bits per heavy atom. The first-order chi connectivity index (χ1) is 9.50. The van der Waals surface area contributed by atoms with Crippen LogP contribution in [0.25, 0.3) is 6.08 Å². The van der Waals surface area contributed by atoms with Crippen LogP contribution in [0.5, 0.6) is 0 Å². The lowest BCUT2D eigenvalue weighted by molar-refractivity contribution is -0.144. The van der Waals surface area contributed by atoms with Gasteiger partial charge in [-0.25, -0.2) is 4.79 Å². The zero-order chi connectivity index (χ0) is 14.7. The van der Waals surface area contributed by atoms with Crippen molar-refractivity contribution in [1.29, 1.82) is 0 Å². The number of aliphatic carboxylic acids is 1. The van der Waals surface area contributed by atoms with Gasteiger partial charge in [0, 0.05) is 0 Å². The molecule has 1 atom stereocenters. The molecule has 1 aliphatic rings. The van der Waals surface area contributed by atoms with Crippen LogP contribution in [0.15, 0.2) is 39.9 Å². The van der Waals surface area contributed by atoms with Crippen LogP contribution in [-0.2, 0) is 9.59 Å². The lowest BCUT2D eigenvalue weighted by Gasteiger charge is -2.18. The summed E-state index contributed by atoms with van der Waals surface area (Å²) < 4.78 is 5.37. The van der Waals surface area contributed by atoms with Crippen molar-refractivity contribution in [2.45, 2.75) is 13.0 Å². The summed E-state index contributed by atoms with van der Waals surface area (Å²) in [5.41, 5.74) is 0. The summed E-state index contributed by atoms with van der Waals surface area (Å²) in [6.45, 7) is 1.43. The van der Waals surface area contributed by atoms with E-state index in [0.29, 0.717) is 10.7 Å². The average Bonchev–Trinajstić information content (AvgIpc) is 2.98. The number of allylic oxidation sites excluding steroid dienone is 2. The molecule has 1 fully saturated rings. The quantitative estimate of drug-likeness (QED) is 0.680. The fourth-order valence-electron chi connectivity index (χ4n) is 1.55. The predicted octanol–water partition coefficient (Wildman–Crippen LogP) is 2.51. The Morgan fingerprint density at radius 3 is 2.95 bits per heavy atom.